The van der Waals surface area contributed by atoms with Gasteiger partial charge in [0.05, 0.1) is 0 Å². The number of likely N-dealkylation sites (N-methyl/N-ethyl adjacent to an activating group) is 1. The van der Waals surface area contributed by atoms with Crippen molar-refractivity contribution < 1.29 is 4.74 Å². The summed E-state index contributed by atoms with van der Waals surface area (Å²) >= 11 is 0. The van der Waals surface area contributed by atoms with Gasteiger partial charge in [-0.05, 0) is 56.2 Å². The Hall–Kier alpha value is -1.84. The molecule has 1 atom stereocenters. The van der Waals surface area contributed by atoms with Gasteiger partial charge in [0.15, 0.2) is 0 Å². The summed E-state index contributed by atoms with van der Waals surface area (Å²) in [5.41, 5.74) is 2.54. The molecule has 0 aromatic heterocycles. The van der Waals surface area contributed by atoms with E-state index in [4.69, 9.17) is 4.74 Å². The molecule has 0 radical (unpaired) electrons. The van der Waals surface area contributed by atoms with Crippen molar-refractivity contribution in [2.75, 3.05) is 26.7 Å². The maximum Gasteiger partial charge on any atom is 0.120 e. The van der Waals surface area contributed by atoms with Crippen molar-refractivity contribution in [1.82, 2.24) is 10.2 Å². The Morgan fingerprint density at radius 3 is 2.57 bits per heavy atom. The van der Waals surface area contributed by atoms with Gasteiger partial charge in [0.25, 0.3) is 0 Å². The van der Waals surface area contributed by atoms with Gasteiger partial charge < -0.3 is 10.1 Å². The smallest absolute Gasteiger partial charge is 0.120 e. The van der Waals surface area contributed by atoms with Crippen molar-refractivity contribution in [3.63, 3.8) is 0 Å². The number of nitrogens with one attached hydrogen (secondary N) is 1. The zero-order valence-electron chi connectivity index (χ0n) is 13.9. The molecule has 3 rings (SSSR count). The quantitative estimate of drug-likeness (QED) is 0.845. The molecule has 3 nitrogen and oxygen atoms in total. The third-order valence-corrected chi connectivity index (χ3v) is 4.47. The number of hydrogen-bond donors (Lipinski definition) is 1. The van der Waals surface area contributed by atoms with E-state index in [1.54, 1.807) is 0 Å². The van der Waals surface area contributed by atoms with Crippen LogP contribution in [0.3, 0.4) is 0 Å². The number of hydrogen-bond acceptors (Lipinski definition) is 3. The fraction of sp³-hybridized carbons (Fsp3) is 0.400. The SMILES string of the molecule is CNC[C@@H](c1cccc(OCc2ccccc2)c1)N1CCCC1. The fourth-order valence-electron chi connectivity index (χ4n) is 3.26. The van der Waals surface area contributed by atoms with Crippen LogP contribution in [0.1, 0.15) is 30.0 Å². The molecule has 0 amide bonds. The Morgan fingerprint density at radius 1 is 1.04 bits per heavy atom. The van der Waals surface area contributed by atoms with Gasteiger partial charge in [0.2, 0.25) is 0 Å². The summed E-state index contributed by atoms with van der Waals surface area (Å²) in [7, 11) is 2.03. The van der Waals surface area contributed by atoms with Crippen molar-refractivity contribution in [2.45, 2.75) is 25.5 Å². The van der Waals surface area contributed by atoms with Gasteiger partial charge in [-0.25, -0.2) is 0 Å². The van der Waals surface area contributed by atoms with E-state index in [1.165, 1.54) is 37.1 Å². The molecule has 2 aromatic rings. The Bertz CT molecular complexity index is 594. The minimum atomic E-state index is 0.433. The molecule has 3 heteroatoms. The first-order valence-electron chi connectivity index (χ1n) is 8.52. The molecule has 0 bridgehead atoms. The van der Waals surface area contributed by atoms with Crippen molar-refractivity contribution in [3.8, 4) is 5.75 Å². The molecule has 1 aliphatic rings. The van der Waals surface area contributed by atoms with E-state index in [0.717, 1.165) is 12.3 Å². The molecular formula is C20H26N2O. The second-order valence-corrected chi connectivity index (χ2v) is 6.16. The highest BCUT2D eigenvalue weighted by Crippen LogP contribution is 2.27. The van der Waals surface area contributed by atoms with Gasteiger partial charge in [-0.3, -0.25) is 4.90 Å². The van der Waals surface area contributed by atoms with Crippen LogP contribution in [0.5, 0.6) is 5.75 Å². The summed E-state index contributed by atoms with van der Waals surface area (Å²) in [6, 6.07) is 19.3. The van der Waals surface area contributed by atoms with Crippen molar-refractivity contribution >= 4 is 0 Å². The molecule has 1 heterocycles. The minimum Gasteiger partial charge on any atom is -0.489 e. The Morgan fingerprint density at radius 2 is 1.83 bits per heavy atom. The fourth-order valence-corrected chi connectivity index (χ4v) is 3.26. The maximum absolute atomic E-state index is 5.98. The summed E-state index contributed by atoms with van der Waals surface area (Å²) in [6.45, 7) is 3.98. The third kappa shape index (κ3) is 4.34. The van der Waals surface area contributed by atoms with Crippen molar-refractivity contribution in [2.24, 2.45) is 0 Å². The molecule has 23 heavy (non-hydrogen) atoms. The average Bonchev–Trinajstić information content (AvgIpc) is 3.13. The van der Waals surface area contributed by atoms with E-state index in [1.807, 2.05) is 31.3 Å². The first kappa shape index (κ1) is 16.0. The van der Waals surface area contributed by atoms with E-state index in [-0.39, 0.29) is 0 Å². The molecule has 1 fully saturated rings. The molecule has 1 N–H and O–H groups in total. The van der Waals surface area contributed by atoms with Gasteiger partial charge in [-0.1, -0.05) is 42.5 Å². The second-order valence-electron chi connectivity index (χ2n) is 6.16. The zero-order chi connectivity index (χ0) is 15.9. The van der Waals surface area contributed by atoms with Crippen LogP contribution in [0.15, 0.2) is 54.6 Å². The predicted molar refractivity (Wildman–Crippen MR) is 94.7 cm³/mol. The number of nitrogens with zero attached hydrogens (tertiary/aromatic N) is 1. The van der Waals surface area contributed by atoms with Gasteiger partial charge in [0.1, 0.15) is 12.4 Å². The van der Waals surface area contributed by atoms with Crippen LogP contribution in [0.25, 0.3) is 0 Å². The molecule has 122 valence electrons. The molecule has 2 aromatic carbocycles. The molecule has 0 saturated carbocycles. The second kappa shape index (κ2) is 8.14. The van der Waals surface area contributed by atoms with Gasteiger partial charge in [-0.15, -0.1) is 0 Å². The van der Waals surface area contributed by atoms with E-state index < -0.39 is 0 Å². The lowest BCUT2D eigenvalue weighted by Crippen LogP contribution is -2.32. The molecule has 1 aliphatic heterocycles. The zero-order valence-corrected chi connectivity index (χ0v) is 13.9. The summed E-state index contributed by atoms with van der Waals surface area (Å²) in [5, 5.41) is 3.34. The standard InChI is InChI=1S/C20H26N2O/c1-21-15-20(22-12-5-6-13-22)18-10-7-11-19(14-18)23-16-17-8-3-2-4-9-17/h2-4,7-11,14,20-21H,5-6,12-13,15-16H2,1H3/t20-/m0/s1. The first-order valence-corrected chi connectivity index (χ1v) is 8.52. The number of benzene rings is 2. The van der Waals surface area contributed by atoms with Crippen LogP contribution < -0.4 is 10.1 Å². The average molecular weight is 310 g/mol. The van der Waals surface area contributed by atoms with Crippen LogP contribution in [0.4, 0.5) is 0 Å². The maximum atomic E-state index is 5.98. The normalized spacial score (nSPS) is 16.4. The third-order valence-electron chi connectivity index (χ3n) is 4.47. The first-order chi connectivity index (χ1) is 11.4. The van der Waals surface area contributed by atoms with Crippen molar-refractivity contribution in [1.29, 1.82) is 0 Å². The number of rotatable bonds is 7. The molecule has 0 aliphatic carbocycles. The summed E-state index contributed by atoms with van der Waals surface area (Å²) in [4.78, 5) is 2.58. The highest BCUT2D eigenvalue weighted by Gasteiger charge is 2.23. The molecule has 1 saturated heterocycles. The lowest BCUT2D eigenvalue weighted by atomic mass is 10.1. The highest BCUT2D eigenvalue weighted by molar-refractivity contribution is 5.31. The Balaban J connectivity index is 1.69. The monoisotopic (exact) mass is 310 g/mol. The van der Waals surface area contributed by atoms with E-state index >= 15 is 0 Å². The topological polar surface area (TPSA) is 24.5 Å². The Labute approximate surface area is 139 Å². The molecular weight excluding hydrogens is 284 g/mol. The summed E-state index contributed by atoms with van der Waals surface area (Å²) in [5.74, 6) is 0.951. The largest absolute Gasteiger partial charge is 0.489 e. The lowest BCUT2D eigenvalue weighted by molar-refractivity contribution is 0.241. The van der Waals surface area contributed by atoms with Gasteiger partial charge >= 0.3 is 0 Å². The highest BCUT2D eigenvalue weighted by atomic mass is 16.5. The number of ether oxygens (including phenoxy) is 1. The Kier molecular flexibility index (Phi) is 5.67. The van der Waals surface area contributed by atoms with Gasteiger partial charge in [-0.2, -0.15) is 0 Å². The van der Waals surface area contributed by atoms with E-state index in [2.05, 4.69) is 40.5 Å². The van der Waals surface area contributed by atoms with Crippen molar-refractivity contribution in [3.05, 3.63) is 65.7 Å². The van der Waals surface area contributed by atoms with E-state index in [9.17, 15) is 0 Å². The number of likely N-dealkylation sites (tertiary alicyclic amines) is 1. The molecule has 0 spiro atoms. The lowest BCUT2D eigenvalue weighted by Gasteiger charge is -2.28. The summed E-state index contributed by atoms with van der Waals surface area (Å²) < 4.78 is 5.98. The summed E-state index contributed by atoms with van der Waals surface area (Å²) in [6.07, 6.45) is 2.62. The van der Waals surface area contributed by atoms with Crippen LogP contribution >= 0.6 is 0 Å². The van der Waals surface area contributed by atoms with Gasteiger partial charge in [0, 0.05) is 12.6 Å². The van der Waals surface area contributed by atoms with Crippen LogP contribution in [-0.4, -0.2) is 31.6 Å². The minimum absolute atomic E-state index is 0.433. The van der Waals surface area contributed by atoms with Crippen LogP contribution in [-0.2, 0) is 6.61 Å². The van der Waals surface area contributed by atoms with E-state index in [0.29, 0.717) is 12.6 Å². The molecule has 0 unspecified atom stereocenters. The predicted octanol–water partition coefficient (Wildman–Crippen LogP) is 3.62. The van der Waals surface area contributed by atoms with Crippen LogP contribution in [0.2, 0.25) is 0 Å². The van der Waals surface area contributed by atoms with Crippen LogP contribution in [0, 0.1) is 0 Å².